The maximum absolute atomic E-state index is 11.7. The van der Waals surface area contributed by atoms with E-state index >= 15 is 0 Å². The van der Waals surface area contributed by atoms with E-state index < -0.39 is 0 Å². The fraction of sp³-hybridized carbons (Fsp3) is 0.636. The first kappa shape index (κ1) is 11.0. The molecule has 3 heteroatoms. The normalized spacial score (nSPS) is 11.7. The Bertz CT molecular complexity index is 320. The van der Waals surface area contributed by atoms with Crippen LogP contribution < -0.4 is 0 Å². The minimum atomic E-state index is 0.0470. The molecule has 3 nitrogen and oxygen atoms in total. The number of Topliss-reactive ketones (excluding diaryl/α,β-unsaturated/α-hetero) is 1. The third-order valence-corrected chi connectivity index (χ3v) is 1.97. The molecule has 1 rings (SSSR count). The third-order valence-electron chi connectivity index (χ3n) is 1.97. The summed E-state index contributed by atoms with van der Waals surface area (Å²) in [6.45, 7) is 9.01. The fourth-order valence-electron chi connectivity index (χ4n) is 1.26. The summed E-state index contributed by atoms with van der Waals surface area (Å²) in [6, 6.07) is 0. The molecular weight excluding hydrogens is 176 g/mol. The second kappa shape index (κ2) is 3.95. The first-order chi connectivity index (χ1) is 6.42. The van der Waals surface area contributed by atoms with Crippen LogP contribution in [0.15, 0.2) is 12.4 Å². The second-order valence-corrected chi connectivity index (χ2v) is 4.75. The van der Waals surface area contributed by atoms with E-state index in [-0.39, 0.29) is 11.2 Å². The van der Waals surface area contributed by atoms with Crippen molar-refractivity contribution in [1.82, 2.24) is 9.78 Å². The predicted molar refractivity (Wildman–Crippen MR) is 56.3 cm³/mol. The Morgan fingerprint density at radius 2 is 2.14 bits per heavy atom. The molecule has 0 aliphatic heterocycles. The largest absolute Gasteiger partial charge is 0.294 e. The van der Waals surface area contributed by atoms with Crippen LogP contribution in [0.5, 0.6) is 0 Å². The molecule has 1 aromatic heterocycles. The van der Waals surface area contributed by atoms with E-state index in [9.17, 15) is 4.79 Å². The van der Waals surface area contributed by atoms with E-state index in [0.29, 0.717) is 6.42 Å². The van der Waals surface area contributed by atoms with Crippen molar-refractivity contribution < 1.29 is 4.79 Å². The Hall–Kier alpha value is -1.12. The number of nitrogens with zero attached hydrogens (tertiary/aromatic N) is 2. The molecule has 0 fully saturated rings. The van der Waals surface area contributed by atoms with Crippen LogP contribution in [0.2, 0.25) is 0 Å². The van der Waals surface area contributed by atoms with Crippen molar-refractivity contribution in [2.75, 3.05) is 0 Å². The number of carbonyl (C=O) groups excluding carboxylic acids is 1. The van der Waals surface area contributed by atoms with Crippen molar-refractivity contribution in [3.63, 3.8) is 0 Å². The van der Waals surface area contributed by atoms with Crippen molar-refractivity contribution >= 4 is 5.78 Å². The number of ketones is 1. The smallest absolute Gasteiger partial charge is 0.166 e. The van der Waals surface area contributed by atoms with Gasteiger partial charge in [-0.1, -0.05) is 20.8 Å². The minimum absolute atomic E-state index is 0.0470. The zero-order valence-corrected chi connectivity index (χ0v) is 9.37. The molecule has 0 aliphatic rings. The molecule has 0 bridgehead atoms. The maximum Gasteiger partial charge on any atom is 0.166 e. The highest BCUT2D eigenvalue weighted by Gasteiger charge is 2.18. The number of aromatic nitrogens is 2. The topological polar surface area (TPSA) is 34.9 Å². The maximum atomic E-state index is 11.7. The lowest BCUT2D eigenvalue weighted by Crippen LogP contribution is -2.12. The molecule has 0 saturated carbocycles. The van der Waals surface area contributed by atoms with Crippen LogP contribution in [0, 0.1) is 5.41 Å². The summed E-state index contributed by atoms with van der Waals surface area (Å²) in [5.74, 6) is 0.178. The Balaban J connectivity index is 2.70. The highest BCUT2D eigenvalue weighted by Crippen LogP contribution is 2.21. The van der Waals surface area contributed by atoms with Gasteiger partial charge in [-0.05, 0) is 12.3 Å². The van der Waals surface area contributed by atoms with Crippen molar-refractivity contribution in [3.05, 3.63) is 18.0 Å². The fourth-order valence-corrected chi connectivity index (χ4v) is 1.26. The van der Waals surface area contributed by atoms with Crippen molar-refractivity contribution in [2.24, 2.45) is 5.41 Å². The summed E-state index contributed by atoms with van der Waals surface area (Å²) >= 11 is 0. The van der Waals surface area contributed by atoms with Gasteiger partial charge in [0.1, 0.15) is 0 Å². The number of hydrogen-bond donors (Lipinski definition) is 0. The average Bonchev–Trinajstić information content (AvgIpc) is 2.48. The molecule has 0 atom stereocenters. The average molecular weight is 194 g/mol. The van der Waals surface area contributed by atoms with Crippen LogP contribution in [-0.2, 0) is 6.54 Å². The molecule has 78 valence electrons. The number of carbonyl (C=O) groups is 1. The van der Waals surface area contributed by atoms with Gasteiger partial charge in [-0.2, -0.15) is 5.10 Å². The minimum Gasteiger partial charge on any atom is -0.294 e. The molecular formula is C11H18N2O. The van der Waals surface area contributed by atoms with Crippen molar-refractivity contribution in [1.29, 1.82) is 0 Å². The van der Waals surface area contributed by atoms with E-state index in [1.807, 2.05) is 13.1 Å². The molecule has 0 radical (unpaired) electrons. The molecule has 1 aromatic rings. The summed E-state index contributed by atoms with van der Waals surface area (Å²) in [7, 11) is 0. The Morgan fingerprint density at radius 3 is 2.57 bits per heavy atom. The van der Waals surface area contributed by atoms with Gasteiger partial charge in [0, 0.05) is 19.2 Å². The SMILES string of the molecule is CCn1cc(C(=O)CC(C)(C)C)cn1. The first-order valence-corrected chi connectivity index (χ1v) is 4.98. The van der Waals surface area contributed by atoms with Gasteiger partial charge in [-0.3, -0.25) is 9.48 Å². The quantitative estimate of drug-likeness (QED) is 0.693. The van der Waals surface area contributed by atoms with Crippen LogP contribution in [0.25, 0.3) is 0 Å². The Kier molecular flexibility index (Phi) is 3.09. The van der Waals surface area contributed by atoms with E-state index in [4.69, 9.17) is 0 Å². The lowest BCUT2D eigenvalue weighted by atomic mass is 9.88. The molecule has 0 saturated heterocycles. The zero-order valence-electron chi connectivity index (χ0n) is 9.37. The highest BCUT2D eigenvalue weighted by atomic mass is 16.1. The molecule has 0 unspecified atom stereocenters. The monoisotopic (exact) mass is 194 g/mol. The second-order valence-electron chi connectivity index (χ2n) is 4.75. The van der Waals surface area contributed by atoms with Gasteiger partial charge in [-0.25, -0.2) is 0 Å². The lowest BCUT2D eigenvalue weighted by molar-refractivity contribution is 0.0940. The van der Waals surface area contributed by atoms with Gasteiger partial charge in [0.25, 0.3) is 0 Å². The van der Waals surface area contributed by atoms with Crippen LogP contribution in [0.3, 0.4) is 0 Å². The summed E-state index contributed by atoms with van der Waals surface area (Å²) in [5.41, 5.74) is 0.771. The molecule has 0 amide bonds. The van der Waals surface area contributed by atoms with Crippen LogP contribution in [0.4, 0.5) is 0 Å². The van der Waals surface area contributed by atoms with E-state index in [0.717, 1.165) is 12.1 Å². The van der Waals surface area contributed by atoms with Crippen molar-refractivity contribution in [2.45, 2.75) is 40.7 Å². The summed E-state index contributed by atoms with van der Waals surface area (Å²) in [6.07, 6.45) is 4.04. The van der Waals surface area contributed by atoms with Crippen LogP contribution >= 0.6 is 0 Å². The van der Waals surface area contributed by atoms with E-state index in [2.05, 4.69) is 25.9 Å². The Labute approximate surface area is 85.1 Å². The number of hydrogen-bond acceptors (Lipinski definition) is 2. The van der Waals surface area contributed by atoms with E-state index in [1.165, 1.54) is 0 Å². The van der Waals surface area contributed by atoms with Crippen LogP contribution in [-0.4, -0.2) is 15.6 Å². The third kappa shape index (κ3) is 2.98. The summed E-state index contributed by atoms with van der Waals surface area (Å²) in [4.78, 5) is 11.7. The lowest BCUT2D eigenvalue weighted by Gasteiger charge is -2.15. The molecule has 0 aliphatic carbocycles. The van der Waals surface area contributed by atoms with Crippen molar-refractivity contribution in [3.8, 4) is 0 Å². The molecule has 1 heterocycles. The number of aryl methyl sites for hydroxylation is 1. The summed E-state index contributed by atoms with van der Waals surface area (Å²) in [5, 5.41) is 4.08. The van der Waals surface area contributed by atoms with Gasteiger partial charge in [0.05, 0.1) is 11.8 Å². The standard InChI is InChI=1S/C11H18N2O/c1-5-13-8-9(7-12-13)10(14)6-11(2,3)4/h7-8H,5-6H2,1-4H3. The van der Waals surface area contributed by atoms with Gasteiger partial charge in [0.15, 0.2) is 5.78 Å². The van der Waals surface area contributed by atoms with E-state index in [1.54, 1.807) is 10.9 Å². The molecule has 0 aromatic carbocycles. The zero-order chi connectivity index (χ0) is 10.8. The van der Waals surface area contributed by atoms with Gasteiger partial charge >= 0.3 is 0 Å². The van der Waals surface area contributed by atoms with Crippen LogP contribution in [0.1, 0.15) is 44.5 Å². The first-order valence-electron chi connectivity index (χ1n) is 4.98. The Morgan fingerprint density at radius 1 is 1.50 bits per heavy atom. The molecule has 0 N–H and O–H groups in total. The van der Waals surface area contributed by atoms with Gasteiger partial charge < -0.3 is 0 Å². The van der Waals surface area contributed by atoms with Gasteiger partial charge in [-0.15, -0.1) is 0 Å². The molecule has 14 heavy (non-hydrogen) atoms. The highest BCUT2D eigenvalue weighted by molar-refractivity contribution is 5.95. The van der Waals surface area contributed by atoms with Gasteiger partial charge in [0.2, 0.25) is 0 Å². The summed E-state index contributed by atoms with van der Waals surface area (Å²) < 4.78 is 1.77. The molecule has 0 spiro atoms. The number of rotatable bonds is 3. The predicted octanol–water partition coefficient (Wildman–Crippen LogP) is 2.52.